The lowest BCUT2D eigenvalue weighted by Gasteiger charge is -2.32. The van der Waals surface area contributed by atoms with Crippen LogP contribution in [-0.2, 0) is 23.2 Å². The first kappa shape index (κ1) is 15.4. The van der Waals surface area contributed by atoms with Gasteiger partial charge in [0.15, 0.2) is 0 Å². The van der Waals surface area contributed by atoms with Gasteiger partial charge in [0.1, 0.15) is 0 Å². The lowest BCUT2D eigenvalue weighted by molar-refractivity contribution is 0.194. The number of sulfonamides is 1. The molecule has 1 atom stereocenters. The van der Waals surface area contributed by atoms with E-state index in [1.54, 1.807) is 0 Å². The molecule has 0 radical (unpaired) electrons. The third-order valence-corrected chi connectivity index (χ3v) is 4.26. The number of rotatable bonds is 5. The number of nitrogens with one attached hydrogen (secondary N) is 1. The molecule has 0 bridgehead atoms. The number of piperidine rings is 1. The third kappa shape index (κ3) is 4.86. The van der Waals surface area contributed by atoms with Crippen molar-refractivity contribution in [2.24, 2.45) is 0 Å². The predicted octanol–water partition coefficient (Wildman–Crippen LogP) is 0.692. The van der Waals surface area contributed by atoms with Crippen LogP contribution in [0.1, 0.15) is 24.0 Å². The van der Waals surface area contributed by atoms with Gasteiger partial charge in [0.2, 0.25) is 10.0 Å². The van der Waals surface area contributed by atoms with Gasteiger partial charge in [-0.25, -0.2) is 13.1 Å². The van der Waals surface area contributed by atoms with Crippen molar-refractivity contribution in [3.05, 3.63) is 35.4 Å². The van der Waals surface area contributed by atoms with Crippen LogP contribution < -0.4 is 4.72 Å². The standard InChI is InChI=1S/C14H22N2O3S/c1-20(18,19)15-14-3-2-8-16(10-14)9-12-4-6-13(11-17)7-5-12/h4-7,14-15,17H,2-3,8-11H2,1H3. The molecule has 0 aliphatic carbocycles. The Labute approximate surface area is 120 Å². The quantitative estimate of drug-likeness (QED) is 0.839. The SMILES string of the molecule is CS(=O)(=O)NC1CCCN(Cc2ccc(CO)cc2)C1. The summed E-state index contributed by atoms with van der Waals surface area (Å²) in [6.07, 6.45) is 3.11. The molecule has 112 valence electrons. The molecule has 1 aliphatic heterocycles. The van der Waals surface area contributed by atoms with Crippen molar-refractivity contribution >= 4 is 10.0 Å². The maximum Gasteiger partial charge on any atom is 0.208 e. The Kier molecular flexibility index (Phi) is 5.15. The summed E-state index contributed by atoms with van der Waals surface area (Å²) in [4.78, 5) is 2.26. The number of benzene rings is 1. The molecule has 1 fully saturated rings. The average Bonchev–Trinajstić information content (AvgIpc) is 2.38. The molecule has 0 spiro atoms. The molecule has 20 heavy (non-hydrogen) atoms. The number of likely N-dealkylation sites (tertiary alicyclic amines) is 1. The van der Waals surface area contributed by atoms with E-state index in [0.29, 0.717) is 0 Å². The minimum absolute atomic E-state index is 0.00969. The van der Waals surface area contributed by atoms with Crippen LogP contribution in [0.15, 0.2) is 24.3 Å². The van der Waals surface area contributed by atoms with Crippen molar-refractivity contribution in [1.29, 1.82) is 0 Å². The zero-order valence-electron chi connectivity index (χ0n) is 11.7. The van der Waals surface area contributed by atoms with Crippen LogP contribution in [0.4, 0.5) is 0 Å². The Balaban J connectivity index is 1.91. The molecule has 1 aromatic carbocycles. The van der Waals surface area contributed by atoms with Gasteiger partial charge in [0.05, 0.1) is 12.9 Å². The maximum absolute atomic E-state index is 11.3. The Morgan fingerprint density at radius 3 is 2.55 bits per heavy atom. The number of nitrogens with zero attached hydrogens (tertiary/aromatic N) is 1. The highest BCUT2D eigenvalue weighted by molar-refractivity contribution is 7.88. The summed E-state index contributed by atoms with van der Waals surface area (Å²) in [7, 11) is -3.13. The van der Waals surface area contributed by atoms with Crippen LogP contribution in [0, 0.1) is 0 Å². The van der Waals surface area contributed by atoms with Crippen LogP contribution in [-0.4, -0.2) is 43.8 Å². The van der Waals surface area contributed by atoms with E-state index >= 15 is 0 Å². The molecular formula is C14H22N2O3S. The third-order valence-electron chi connectivity index (χ3n) is 3.50. The van der Waals surface area contributed by atoms with Crippen molar-refractivity contribution in [2.75, 3.05) is 19.3 Å². The van der Waals surface area contributed by atoms with Gasteiger partial charge < -0.3 is 5.11 Å². The van der Waals surface area contributed by atoms with Crippen LogP contribution in [0.25, 0.3) is 0 Å². The van der Waals surface area contributed by atoms with E-state index < -0.39 is 10.0 Å². The fourth-order valence-corrected chi connectivity index (χ4v) is 3.40. The molecule has 1 heterocycles. The molecule has 0 saturated carbocycles. The molecule has 1 aliphatic rings. The zero-order valence-corrected chi connectivity index (χ0v) is 12.6. The highest BCUT2D eigenvalue weighted by atomic mass is 32.2. The minimum Gasteiger partial charge on any atom is -0.392 e. The van der Waals surface area contributed by atoms with Gasteiger partial charge in [-0.2, -0.15) is 0 Å². The van der Waals surface area contributed by atoms with Gasteiger partial charge in [0.25, 0.3) is 0 Å². The predicted molar refractivity (Wildman–Crippen MR) is 78.6 cm³/mol. The Morgan fingerprint density at radius 2 is 1.95 bits per heavy atom. The lowest BCUT2D eigenvalue weighted by Crippen LogP contribution is -2.46. The molecular weight excluding hydrogens is 276 g/mol. The van der Waals surface area contributed by atoms with E-state index in [0.717, 1.165) is 38.0 Å². The van der Waals surface area contributed by atoms with E-state index in [4.69, 9.17) is 5.11 Å². The summed E-state index contributed by atoms with van der Waals surface area (Å²) in [6, 6.07) is 7.88. The molecule has 2 rings (SSSR count). The van der Waals surface area contributed by atoms with Gasteiger partial charge >= 0.3 is 0 Å². The zero-order chi connectivity index (χ0) is 14.6. The lowest BCUT2D eigenvalue weighted by atomic mass is 10.1. The molecule has 1 unspecified atom stereocenters. The second kappa shape index (κ2) is 6.67. The monoisotopic (exact) mass is 298 g/mol. The van der Waals surface area contributed by atoms with Gasteiger partial charge in [-0.1, -0.05) is 24.3 Å². The van der Waals surface area contributed by atoms with Crippen LogP contribution in [0.2, 0.25) is 0 Å². The molecule has 5 nitrogen and oxygen atoms in total. The van der Waals surface area contributed by atoms with Crippen LogP contribution in [0.5, 0.6) is 0 Å². The summed E-state index contributed by atoms with van der Waals surface area (Å²) in [6.45, 7) is 2.61. The van der Waals surface area contributed by atoms with E-state index in [9.17, 15) is 8.42 Å². The summed E-state index contributed by atoms with van der Waals surface area (Å²) in [5.41, 5.74) is 2.09. The first-order chi connectivity index (χ1) is 9.46. The van der Waals surface area contributed by atoms with Crippen molar-refractivity contribution in [3.8, 4) is 0 Å². The normalized spacial score (nSPS) is 21.0. The summed E-state index contributed by atoms with van der Waals surface area (Å²) in [5.74, 6) is 0. The Hall–Kier alpha value is -0.950. The number of aliphatic hydroxyl groups excluding tert-OH is 1. The highest BCUT2D eigenvalue weighted by Gasteiger charge is 2.22. The van der Waals surface area contributed by atoms with Crippen LogP contribution in [0.3, 0.4) is 0 Å². The summed E-state index contributed by atoms with van der Waals surface area (Å²) >= 11 is 0. The van der Waals surface area contributed by atoms with Gasteiger partial charge in [-0.15, -0.1) is 0 Å². The second-order valence-electron chi connectivity index (χ2n) is 5.44. The summed E-state index contributed by atoms with van der Waals surface area (Å²) in [5, 5.41) is 9.02. The molecule has 0 aromatic heterocycles. The van der Waals surface area contributed by atoms with Gasteiger partial charge in [-0.05, 0) is 30.5 Å². The maximum atomic E-state index is 11.3. The average molecular weight is 298 g/mol. The van der Waals surface area contributed by atoms with Gasteiger partial charge in [0, 0.05) is 19.1 Å². The fraction of sp³-hybridized carbons (Fsp3) is 0.571. The fourth-order valence-electron chi connectivity index (χ4n) is 2.61. The highest BCUT2D eigenvalue weighted by Crippen LogP contribution is 2.15. The van der Waals surface area contributed by atoms with E-state index in [1.165, 1.54) is 11.8 Å². The largest absolute Gasteiger partial charge is 0.392 e. The number of aliphatic hydroxyl groups is 1. The van der Waals surface area contributed by atoms with E-state index in [-0.39, 0.29) is 12.6 Å². The minimum atomic E-state index is -3.13. The van der Waals surface area contributed by atoms with E-state index in [2.05, 4.69) is 9.62 Å². The van der Waals surface area contributed by atoms with Crippen molar-refractivity contribution in [2.45, 2.75) is 32.0 Å². The molecule has 1 aromatic rings. The van der Waals surface area contributed by atoms with Crippen molar-refractivity contribution < 1.29 is 13.5 Å². The Bertz CT molecular complexity index is 528. The first-order valence-corrected chi connectivity index (χ1v) is 8.74. The molecule has 1 saturated heterocycles. The summed E-state index contributed by atoms with van der Waals surface area (Å²) < 4.78 is 25.3. The topological polar surface area (TPSA) is 69.6 Å². The molecule has 2 N–H and O–H groups in total. The first-order valence-electron chi connectivity index (χ1n) is 6.84. The van der Waals surface area contributed by atoms with Crippen molar-refractivity contribution in [1.82, 2.24) is 9.62 Å². The number of hydrogen-bond donors (Lipinski definition) is 2. The Morgan fingerprint density at radius 1 is 1.30 bits per heavy atom. The number of hydrogen-bond acceptors (Lipinski definition) is 4. The van der Waals surface area contributed by atoms with Crippen molar-refractivity contribution in [3.63, 3.8) is 0 Å². The molecule has 0 amide bonds. The van der Waals surface area contributed by atoms with Gasteiger partial charge in [-0.3, -0.25) is 4.90 Å². The van der Waals surface area contributed by atoms with Crippen LogP contribution >= 0.6 is 0 Å². The molecule has 6 heteroatoms. The second-order valence-corrected chi connectivity index (χ2v) is 7.22. The smallest absolute Gasteiger partial charge is 0.208 e. The van der Waals surface area contributed by atoms with E-state index in [1.807, 2.05) is 24.3 Å².